The third-order valence-corrected chi connectivity index (χ3v) is 8.11. The summed E-state index contributed by atoms with van der Waals surface area (Å²) in [6.45, 7) is 10.5. The van der Waals surface area contributed by atoms with E-state index in [0.717, 1.165) is 17.8 Å². The zero-order valence-electron chi connectivity index (χ0n) is 28.1. The van der Waals surface area contributed by atoms with E-state index < -0.39 is 34.4 Å². The molecule has 2 atom stereocenters. The summed E-state index contributed by atoms with van der Waals surface area (Å²) >= 11 is 1.09. The number of aromatic nitrogens is 1. The third-order valence-electron chi connectivity index (χ3n) is 6.99. The molecule has 50 heavy (non-hydrogen) atoms. The summed E-state index contributed by atoms with van der Waals surface area (Å²) in [4.78, 5) is 72.9. The first-order valence-electron chi connectivity index (χ1n) is 15.3. The smallest absolute Gasteiger partial charge is 0.342 e. The number of amides is 2. The van der Waals surface area contributed by atoms with Gasteiger partial charge in [0, 0.05) is 25.1 Å². The molecule has 256 valence electrons. The maximum Gasteiger partial charge on any atom is 0.342 e. The number of nitrogens with zero attached hydrogens (tertiary/aromatic N) is 2. The van der Waals surface area contributed by atoms with Crippen molar-refractivity contribution >= 4 is 65.3 Å². The molecule has 0 radical (unpaired) electrons. The average Bonchev–Trinajstić information content (AvgIpc) is 3.63. The standard InChI is InChI=1S/C36H36N4O8S.Zn/c1-6-27(42)39-32-30(35(44)46-7-2)28(23-15-11-9-12-16-23)25(37-32)19-26-29(24-17-13-10-14-18-24)31(36(45)47-8-3)33(38-26)40-34(43)21(4)49-22(5)48-20-41;/h6,9-22H,1,7-8H2,2-5H3,(H3,37,38,39,40,42,43,44,45);/p-1. The molecule has 2 unspecified atom stereocenters. The monoisotopic (exact) mass is 747 g/mol. The summed E-state index contributed by atoms with van der Waals surface area (Å²) < 4.78 is 15.7. The predicted octanol–water partition coefficient (Wildman–Crippen LogP) is 5.14. The molecule has 2 N–H and O–H groups in total. The van der Waals surface area contributed by atoms with Crippen LogP contribution in [-0.2, 0) is 52.9 Å². The van der Waals surface area contributed by atoms with Crippen molar-refractivity contribution in [2.24, 2.45) is 4.99 Å². The fourth-order valence-corrected chi connectivity index (χ4v) is 5.79. The van der Waals surface area contributed by atoms with E-state index in [9.17, 15) is 24.0 Å². The van der Waals surface area contributed by atoms with Crippen molar-refractivity contribution in [3.8, 4) is 11.1 Å². The van der Waals surface area contributed by atoms with E-state index in [1.165, 1.54) is 0 Å². The van der Waals surface area contributed by atoms with E-state index >= 15 is 0 Å². The number of thioether (sulfide) groups is 1. The molecule has 14 heteroatoms. The minimum Gasteiger partial charge on any atom is -0.462 e. The van der Waals surface area contributed by atoms with E-state index in [4.69, 9.17) is 19.2 Å². The van der Waals surface area contributed by atoms with Crippen molar-refractivity contribution in [3.05, 3.63) is 101 Å². The Hall–Kier alpha value is -5.07. The van der Waals surface area contributed by atoms with Crippen LogP contribution in [0.1, 0.15) is 49.3 Å². The molecule has 4 rings (SSSR count). The second-order valence-corrected chi connectivity index (χ2v) is 11.9. The first-order valence-corrected chi connectivity index (χ1v) is 16.3. The Morgan fingerprint density at radius 3 is 2.10 bits per heavy atom. The van der Waals surface area contributed by atoms with Gasteiger partial charge in [0.1, 0.15) is 16.8 Å². The van der Waals surface area contributed by atoms with Gasteiger partial charge in [-0.1, -0.05) is 67.2 Å². The second kappa shape index (κ2) is 18.6. The van der Waals surface area contributed by atoms with Gasteiger partial charge in [0.25, 0.3) is 6.47 Å². The fourth-order valence-electron chi connectivity index (χ4n) is 4.92. The van der Waals surface area contributed by atoms with Gasteiger partial charge in [-0.15, -0.1) is 11.8 Å². The summed E-state index contributed by atoms with van der Waals surface area (Å²) in [5, 5.41) is 4.64. The van der Waals surface area contributed by atoms with E-state index in [1.807, 2.05) is 12.1 Å². The molecule has 0 bridgehead atoms. The van der Waals surface area contributed by atoms with Crippen molar-refractivity contribution in [3.63, 3.8) is 0 Å². The van der Waals surface area contributed by atoms with Crippen LogP contribution in [0.15, 0.2) is 89.6 Å². The number of aliphatic imine (C=N–C) groups is 1. The quantitative estimate of drug-likeness (QED) is 0.0564. The van der Waals surface area contributed by atoms with Crippen molar-refractivity contribution in [2.45, 2.75) is 38.4 Å². The Morgan fingerprint density at radius 2 is 1.52 bits per heavy atom. The molecule has 2 aromatic carbocycles. The molecule has 2 heterocycles. The van der Waals surface area contributed by atoms with Gasteiger partial charge < -0.3 is 29.8 Å². The molecule has 0 spiro atoms. The van der Waals surface area contributed by atoms with Gasteiger partial charge in [0.05, 0.1) is 29.7 Å². The average molecular weight is 749 g/mol. The Morgan fingerprint density at radius 1 is 0.920 bits per heavy atom. The molecule has 12 nitrogen and oxygen atoms in total. The largest absolute Gasteiger partial charge is 0.462 e. The summed E-state index contributed by atoms with van der Waals surface area (Å²) in [5.74, 6) is -2.67. The Bertz CT molecular complexity index is 1840. The van der Waals surface area contributed by atoms with Gasteiger partial charge in [-0.05, 0) is 68.0 Å². The van der Waals surface area contributed by atoms with Crippen LogP contribution >= 0.6 is 11.8 Å². The number of anilines is 1. The van der Waals surface area contributed by atoms with Crippen molar-refractivity contribution in [1.29, 1.82) is 0 Å². The number of benzene rings is 2. The fraction of sp³-hybridized carbons (Fsp3) is 0.222. The third kappa shape index (κ3) is 9.33. The second-order valence-electron chi connectivity index (χ2n) is 10.3. The zero-order chi connectivity index (χ0) is 35.5. The van der Waals surface area contributed by atoms with E-state index in [2.05, 4.69) is 22.2 Å². The van der Waals surface area contributed by atoms with Gasteiger partial charge >= 0.3 is 11.9 Å². The Balaban J connectivity index is 0.00000676. The van der Waals surface area contributed by atoms with Crippen LogP contribution in [0.5, 0.6) is 0 Å². The van der Waals surface area contributed by atoms with Crippen LogP contribution in [0.4, 0.5) is 5.82 Å². The predicted molar refractivity (Wildman–Crippen MR) is 187 cm³/mol. The van der Waals surface area contributed by atoms with Crippen LogP contribution < -0.4 is 15.6 Å². The van der Waals surface area contributed by atoms with E-state index in [1.54, 1.807) is 82.3 Å². The molecule has 1 aliphatic heterocycles. The summed E-state index contributed by atoms with van der Waals surface area (Å²) in [6, 6.07) is 17.8. The van der Waals surface area contributed by atoms with Crippen molar-refractivity contribution in [2.75, 3.05) is 18.5 Å². The SMILES string of the molecule is C=CC(=O)NC1=N/C(=C\c2[n-]c(NC(=O)C(C)SC(C)OC=O)c(C(=O)OCC)c2-c2ccccc2)C(c2ccccc2)=C1C(=O)OCC.[Zn]. The summed E-state index contributed by atoms with van der Waals surface area (Å²) in [7, 11) is 0. The molecular formula is C36H35N4O8SZn-. The van der Waals surface area contributed by atoms with Crippen LogP contribution in [0.3, 0.4) is 0 Å². The number of esters is 2. The van der Waals surface area contributed by atoms with Gasteiger partial charge in [-0.2, -0.15) is 0 Å². The van der Waals surface area contributed by atoms with Gasteiger partial charge in [-0.3, -0.25) is 14.4 Å². The van der Waals surface area contributed by atoms with Crippen LogP contribution in [-0.4, -0.2) is 60.0 Å². The maximum atomic E-state index is 13.6. The molecular weight excluding hydrogens is 714 g/mol. The molecule has 0 saturated carbocycles. The zero-order valence-corrected chi connectivity index (χ0v) is 31.8. The molecule has 3 aromatic rings. The van der Waals surface area contributed by atoms with Crippen molar-refractivity contribution < 1.29 is 57.7 Å². The van der Waals surface area contributed by atoms with Gasteiger partial charge in [0.2, 0.25) is 5.91 Å². The number of carbonyl (C=O) groups is 5. The Kier molecular flexibility index (Phi) is 14.7. The number of nitrogens with one attached hydrogen (secondary N) is 2. The summed E-state index contributed by atoms with van der Waals surface area (Å²) in [6.07, 6.45) is 2.61. The molecule has 2 amide bonds. The maximum absolute atomic E-state index is 13.6. The molecule has 0 fully saturated rings. The first-order chi connectivity index (χ1) is 23.6. The normalized spacial score (nSPS) is 14.1. The van der Waals surface area contributed by atoms with Crippen LogP contribution in [0.25, 0.3) is 22.8 Å². The molecule has 1 aliphatic rings. The number of allylic oxidation sites excluding steroid dienone is 1. The van der Waals surface area contributed by atoms with Crippen LogP contribution in [0, 0.1) is 0 Å². The van der Waals surface area contributed by atoms with Gasteiger partial charge in [0.15, 0.2) is 5.91 Å². The number of amidine groups is 1. The minimum atomic E-state index is -0.730. The molecule has 1 aromatic heterocycles. The van der Waals surface area contributed by atoms with E-state index in [0.29, 0.717) is 28.7 Å². The molecule has 0 aliphatic carbocycles. The number of carbonyl (C=O) groups excluding carboxylic acids is 5. The topological polar surface area (TPSA) is 164 Å². The minimum absolute atomic E-state index is 0. The summed E-state index contributed by atoms with van der Waals surface area (Å²) in [5.41, 5.74) is 1.70. The number of rotatable bonds is 14. The first kappa shape index (κ1) is 39.4. The van der Waals surface area contributed by atoms with Crippen LogP contribution in [0.2, 0.25) is 0 Å². The van der Waals surface area contributed by atoms with E-state index in [-0.39, 0.29) is 66.9 Å². The number of ether oxygens (including phenoxy) is 3. The Labute approximate surface area is 306 Å². The number of hydrogen-bond acceptors (Lipinski definition) is 10. The molecule has 0 saturated heterocycles. The van der Waals surface area contributed by atoms with Crippen molar-refractivity contribution in [1.82, 2.24) is 10.3 Å². The number of hydrogen-bond donors (Lipinski definition) is 2. The van der Waals surface area contributed by atoms with Gasteiger partial charge in [-0.25, -0.2) is 14.6 Å².